The van der Waals surface area contributed by atoms with Crippen molar-refractivity contribution in [1.29, 1.82) is 0 Å². The van der Waals surface area contributed by atoms with Crippen LogP contribution in [0.4, 0.5) is 4.39 Å². The van der Waals surface area contributed by atoms with Gasteiger partial charge in [0.2, 0.25) is 0 Å². The average molecular weight is 513 g/mol. The van der Waals surface area contributed by atoms with E-state index in [0.717, 1.165) is 48.2 Å². The zero-order chi connectivity index (χ0) is 25.5. The summed E-state index contributed by atoms with van der Waals surface area (Å²) in [5, 5.41) is 35.8. The molecule has 0 bridgehead atoms. The van der Waals surface area contributed by atoms with Crippen LogP contribution >= 0.6 is 0 Å². The average Bonchev–Trinajstić information content (AvgIpc) is 3.22. The van der Waals surface area contributed by atoms with Gasteiger partial charge >= 0.3 is 29.6 Å². The Morgan fingerprint density at radius 2 is 1.86 bits per heavy atom. The fraction of sp³-hybridized carbons (Fsp3) is 0.310. The second-order valence-electron chi connectivity index (χ2n) is 9.17. The van der Waals surface area contributed by atoms with E-state index < -0.39 is 24.6 Å². The predicted octanol–water partition coefficient (Wildman–Crippen LogP) is 0.804. The Morgan fingerprint density at radius 3 is 2.57 bits per heavy atom. The molecule has 0 spiro atoms. The van der Waals surface area contributed by atoms with Crippen molar-refractivity contribution in [1.82, 2.24) is 9.78 Å². The van der Waals surface area contributed by atoms with E-state index in [0.29, 0.717) is 5.69 Å². The molecule has 0 amide bonds. The molecule has 188 valence electrons. The van der Waals surface area contributed by atoms with Crippen molar-refractivity contribution in [2.75, 3.05) is 0 Å². The van der Waals surface area contributed by atoms with E-state index in [1.807, 2.05) is 18.2 Å². The zero-order valence-corrected chi connectivity index (χ0v) is 23.0. The van der Waals surface area contributed by atoms with Crippen LogP contribution in [0.5, 0.6) is 0 Å². The van der Waals surface area contributed by atoms with Gasteiger partial charge < -0.3 is 20.1 Å². The number of benzene rings is 2. The number of fused-ring (bicyclic) bond motifs is 1. The Balaban J connectivity index is 0.00000380. The molecule has 6 nitrogen and oxygen atoms in total. The van der Waals surface area contributed by atoms with E-state index in [1.54, 1.807) is 22.9 Å². The number of aliphatic hydroxyl groups is 2. The smallest absolute Gasteiger partial charge is 0.550 e. The molecule has 3 atom stereocenters. The largest absolute Gasteiger partial charge is 1.00 e. The fourth-order valence-electron chi connectivity index (χ4n) is 4.67. The second-order valence-corrected chi connectivity index (χ2v) is 9.17. The van der Waals surface area contributed by atoms with Crippen LogP contribution in [0.2, 0.25) is 0 Å². The molecular weight excluding hydrogens is 482 g/mol. The number of halogens is 1. The number of aliphatic carboxylic acids is 1. The van der Waals surface area contributed by atoms with E-state index >= 15 is 0 Å². The van der Waals surface area contributed by atoms with Crippen LogP contribution in [0.3, 0.4) is 0 Å². The van der Waals surface area contributed by atoms with Crippen molar-refractivity contribution in [3.8, 4) is 5.69 Å². The summed E-state index contributed by atoms with van der Waals surface area (Å²) in [5.41, 5.74) is 4.72. The molecule has 2 aromatic carbocycles. The molecule has 0 fully saturated rings. The Bertz CT molecular complexity index is 1220. The normalized spacial score (nSPS) is 16.9. The van der Waals surface area contributed by atoms with Crippen LogP contribution in [0.1, 0.15) is 60.5 Å². The maximum Gasteiger partial charge on any atom is 1.00 e. The maximum atomic E-state index is 13.6. The first-order valence-corrected chi connectivity index (χ1v) is 12.2. The summed E-state index contributed by atoms with van der Waals surface area (Å²) < 4.78 is 15.4. The first kappa shape index (κ1) is 29.0. The molecule has 0 radical (unpaired) electrons. The van der Waals surface area contributed by atoms with Gasteiger partial charge in [-0.25, -0.2) is 9.07 Å². The number of aliphatic hydroxyl groups excluding tert-OH is 2. The first-order chi connectivity index (χ1) is 17.4. The van der Waals surface area contributed by atoms with Gasteiger partial charge in [-0.05, 0) is 61.6 Å². The molecule has 37 heavy (non-hydrogen) atoms. The molecule has 1 heterocycles. The summed E-state index contributed by atoms with van der Waals surface area (Å²) in [6, 6.07) is 16.2. The Kier molecular flexibility index (Phi) is 10.9. The van der Waals surface area contributed by atoms with Gasteiger partial charge in [-0.2, -0.15) is 5.10 Å². The molecule has 3 unspecified atom stereocenters. The van der Waals surface area contributed by atoms with E-state index in [4.69, 9.17) is 5.10 Å². The molecule has 3 aromatic rings. The number of allylic oxidation sites excluding steroid dienone is 1. The molecule has 0 saturated carbocycles. The number of aromatic nitrogens is 2. The van der Waals surface area contributed by atoms with E-state index in [2.05, 4.69) is 24.3 Å². The van der Waals surface area contributed by atoms with Crippen LogP contribution in [0.25, 0.3) is 17.8 Å². The third-order valence-electron chi connectivity index (χ3n) is 6.41. The number of carbonyl (C=O) groups excluding carboxylic acids is 1. The number of hydrogen-bond acceptors (Lipinski definition) is 5. The second kappa shape index (κ2) is 13.8. The van der Waals surface area contributed by atoms with Gasteiger partial charge in [0.1, 0.15) is 5.82 Å². The molecule has 8 heteroatoms. The van der Waals surface area contributed by atoms with Crippen molar-refractivity contribution in [2.24, 2.45) is 0 Å². The SMILES string of the molecule is O=C([O-])CC(O)CC(O)C=Cc1c2c(nn1-c1ccc(F)cc1)C(CC=Cc1ccccc1)CCC2.[Na+]. The van der Waals surface area contributed by atoms with Crippen LogP contribution in [0, 0.1) is 5.82 Å². The van der Waals surface area contributed by atoms with E-state index in [-0.39, 0.29) is 47.7 Å². The number of nitrogens with zero attached hydrogens (tertiary/aromatic N) is 2. The van der Waals surface area contributed by atoms with Crippen molar-refractivity contribution in [3.05, 3.63) is 95.1 Å². The molecule has 1 aromatic heterocycles. The summed E-state index contributed by atoms with van der Waals surface area (Å²) in [5.74, 6) is -1.47. The quantitative estimate of drug-likeness (QED) is 0.392. The number of hydrogen-bond donors (Lipinski definition) is 2. The molecule has 2 N–H and O–H groups in total. The van der Waals surface area contributed by atoms with Crippen molar-refractivity contribution in [2.45, 2.75) is 56.7 Å². The topological polar surface area (TPSA) is 98.4 Å². The maximum absolute atomic E-state index is 13.6. The molecule has 0 saturated heterocycles. The molecule has 1 aliphatic carbocycles. The predicted molar refractivity (Wildman–Crippen MR) is 135 cm³/mol. The first-order valence-electron chi connectivity index (χ1n) is 12.2. The monoisotopic (exact) mass is 512 g/mol. The summed E-state index contributed by atoms with van der Waals surface area (Å²) >= 11 is 0. The Morgan fingerprint density at radius 1 is 1.14 bits per heavy atom. The van der Waals surface area contributed by atoms with Crippen LogP contribution in [-0.2, 0) is 11.2 Å². The Hall–Kier alpha value is -2.55. The van der Waals surface area contributed by atoms with Crippen molar-refractivity contribution < 1.29 is 54.1 Å². The summed E-state index contributed by atoms with van der Waals surface area (Å²) in [7, 11) is 0. The van der Waals surface area contributed by atoms with E-state index in [9.17, 15) is 24.5 Å². The number of carboxylic acids is 1. The van der Waals surface area contributed by atoms with Crippen molar-refractivity contribution in [3.63, 3.8) is 0 Å². The van der Waals surface area contributed by atoms with Gasteiger partial charge in [-0.3, -0.25) is 0 Å². The third kappa shape index (κ3) is 7.97. The standard InChI is InChI=1S/C29H31FN2O4.Na/c30-22-12-14-23(15-13-22)32-27(17-16-24(33)18-25(34)19-28(35)36)26-11-5-10-21(29(26)31-32)9-4-8-20-6-2-1-3-7-20;/h1-4,6-8,12-17,21,24-25,33-34H,5,9-11,18-19H2,(H,35,36);/q;+1/p-1. The summed E-state index contributed by atoms with van der Waals surface area (Å²) in [6.45, 7) is 0. The number of carbonyl (C=O) groups is 1. The molecular formula is C29H30FN2NaO4. The molecule has 1 aliphatic rings. The summed E-state index contributed by atoms with van der Waals surface area (Å²) in [6.07, 6.45) is 8.35. The van der Waals surface area contributed by atoms with Crippen LogP contribution in [-0.4, -0.2) is 38.2 Å². The Labute approximate surface area is 238 Å². The minimum Gasteiger partial charge on any atom is -0.550 e. The summed E-state index contributed by atoms with van der Waals surface area (Å²) in [4.78, 5) is 10.7. The number of carboxylic acid groups (broad SMARTS) is 1. The minimum absolute atomic E-state index is 0. The fourth-order valence-corrected chi connectivity index (χ4v) is 4.67. The van der Waals surface area contributed by atoms with Gasteiger partial charge in [0, 0.05) is 30.3 Å². The van der Waals surface area contributed by atoms with Crippen LogP contribution in [0.15, 0.2) is 66.7 Å². The molecule has 4 rings (SSSR count). The van der Waals surface area contributed by atoms with Gasteiger partial charge in [0.05, 0.1) is 29.3 Å². The van der Waals surface area contributed by atoms with E-state index in [1.165, 1.54) is 18.2 Å². The van der Waals surface area contributed by atoms with Crippen molar-refractivity contribution >= 4 is 18.1 Å². The third-order valence-corrected chi connectivity index (χ3v) is 6.41. The van der Waals surface area contributed by atoms with Gasteiger partial charge in [0.15, 0.2) is 0 Å². The number of rotatable bonds is 10. The minimum atomic E-state index is -1.37. The zero-order valence-electron chi connectivity index (χ0n) is 21.0. The van der Waals surface area contributed by atoms with Gasteiger partial charge in [-0.1, -0.05) is 48.6 Å². The molecule has 0 aliphatic heterocycles. The van der Waals surface area contributed by atoms with Gasteiger partial charge in [-0.15, -0.1) is 0 Å². The van der Waals surface area contributed by atoms with Gasteiger partial charge in [0.25, 0.3) is 0 Å². The van der Waals surface area contributed by atoms with Crippen LogP contribution < -0.4 is 34.7 Å².